The number of ether oxygens (including phenoxy) is 6. The predicted octanol–water partition coefficient (Wildman–Crippen LogP) is 4.76. The van der Waals surface area contributed by atoms with Crippen LogP contribution in [0.3, 0.4) is 0 Å². The van der Waals surface area contributed by atoms with Gasteiger partial charge >= 0.3 is 29.8 Å². The molecular weight excluding hydrogens is 548 g/mol. The Hall–Kier alpha value is -2.69. The first-order valence-corrected chi connectivity index (χ1v) is 14.2. The summed E-state index contributed by atoms with van der Waals surface area (Å²) >= 11 is 0. The van der Waals surface area contributed by atoms with Crippen LogP contribution in [0.1, 0.15) is 104 Å². The number of hydrogen-bond donors (Lipinski definition) is 0. The number of carbonyl (C=O) groups excluding carboxylic acids is 5. The van der Waals surface area contributed by atoms with Crippen molar-refractivity contribution < 1.29 is 52.4 Å². The van der Waals surface area contributed by atoms with Gasteiger partial charge in [-0.3, -0.25) is 24.0 Å². The van der Waals surface area contributed by atoms with Crippen LogP contribution in [0.25, 0.3) is 0 Å². The summed E-state index contributed by atoms with van der Waals surface area (Å²) in [7, 11) is 0. The lowest BCUT2D eigenvalue weighted by atomic mass is 9.95. The van der Waals surface area contributed by atoms with Gasteiger partial charge in [0.2, 0.25) is 12.4 Å². The maximum Gasteiger partial charge on any atom is 0.313 e. The number of hydrogen-bond acceptors (Lipinski definition) is 11. The van der Waals surface area contributed by atoms with E-state index in [1.807, 2.05) is 0 Å². The smallest absolute Gasteiger partial charge is 0.313 e. The SMILES string of the molecule is CC(C)(C)C(=O)OC[C@@H](OC(=O)C(C)(C)C)[C@@H]1O[C@@H](OC(=O)C(C)(C)C)[C@H](OC(=O)C(C)(C)C)[C@H]1OC(=O)C(C)(C)C. The summed E-state index contributed by atoms with van der Waals surface area (Å²) in [6.07, 6.45) is -7.01. The Morgan fingerprint density at radius 1 is 0.524 bits per heavy atom. The van der Waals surface area contributed by atoms with Crippen molar-refractivity contribution in [1.29, 1.82) is 0 Å². The van der Waals surface area contributed by atoms with Crippen molar-refractivity contribution in [3.63, 3.8) is 0 Å². The molecule has 0 unspecified atom stereocenters. The molecule has 0 saturated carbocycles. The van der Waals surface area contributed by atoms with Crippen LogP contribution in [0.15, 0.2) is 0 Å². The average molecular weight is 601 g/mol. The van der Waals surface area contributed by atoms with Crippen molar-refractivity contribution >= 4 is 29.8 Å². The maximum absolute atomic E-state index is 13.2. The highest BCUT2D eigenvalue weighted by Gasteiger charge is 2.57. The molecule has 0 spiro atoms. The van der Waals surface area contributed by atoms with Gasteiger partial charge in [0.1, 0.15) is 12.7 Å². The van der Waals surface area contributed by atoms with Crippen molar-refractivity contribution in [3.8, 4) is 0 Å². The maximum atomic E-state index is 13.2. The van der Waals surface area contributed by atoms with E-state index in [4.69, 9.17) is 28.4 Å². The Kier molecular flexibility index (Phi) is 11.5. The largest absolute Gasteiger partial charge is 0.461 e. The molecule has 1 saturated heterocycles. The van der Waals surface area contributed by atoms with Crippen molar-refractivity contribution in [2.24, 2.45) is 27.1 Å². The minimum absolute atomic E-state index is 0.466. The molecule has 0 aromatic carbocycles. The van der Waals surface area contributed by atoms with Crippen LogP contribution in [0.4, 0.5) is 0 Å². The second kappa shape index (κ2) is 12.9. The Bertz CT molecular complexity index is 1010. The highest BCUT2D eigenvalue weighted by atomic mass is 16.8. The Balaban J connectivity index is 3.73. The second-order valence-corrected chi connectivity index (χ2v) is 15.9. The summed E-state index contributed by atoms with van der Waals surface area (Å²) < 4.78 is 34.7. The van der Waals surface area contributed by atoms with Gasteiger partial charge in [-0.25, -0.2) is 0 Å². The standard InChI is InChI=1S/C31H52O11/c1-27(2,3)22(32)37-16-17(38-23(33)28(4,5)6)18-19(40-24(34)29(7,8)9)20(41-25(35)30(10,11)12)21(39-18)42-26(36)31(13,14)15/h17-21H,16H2,1-15H3/t17-,18+,19+,20-,21+/m1/s1. The van der Waals surface area contributed by atoms with E-state index >= 15 is 0 Å². The lowest BCUT2D eigenvalue weighted by Crippen LogP contribution is -2.50. The fraction of sp³-hybridized carbons (Fsp3) is 0.839. The van der Waals surface area contributed by atoms with Crippen LogP contribution in [-0.4, -0.2) is 67.2 Å². The fourth-order valence-corrected chi connectivity index (χ4v) is 3.07. The molecular formula is C31H52O11. The van der Waals surface area contributed by atoms with Gasteiger partial charge in [-0.15, -0.1) is 0 Å². The van der Waals surface area contributed by atoms with E-state index < -0.39 is 94.2 Å². The molecule has 1 aliphatic rings. The van der Waals surface area contributed by atoms with E-state index in [-0.39, 0.29) is 0 Å². The molecule has 0 bridgehead atoms. The van der Waals surface area contributed by atoms with Gasteiger partial charge in [0.15, 0.2) is 12.2 Å². The van der Waals surface area contributed by atoms with E-state index in [1.54, 1.807) is 104 Å². The third-order valence-electron chi connectivity index (χ3n) is 5.98. The molecule has 42 heavy (non-hydrogen) atoms. The predicted molar refractivity (Wildman–Crippen MR) is 153 cm³/mol. The molecule has 1 aliphatic heterocycles. The molecule has 242 valence electrons. The first-order chi connectivity index (χ1) is 18.6. The molecule has 0 N–H and O–H groups in total. The van der Waals surface area contributed by atoms with Crippen molar-refractivity contribution in [2.75, 3.05) is 6.61 Å². The molecule has 5 atom stereocenters. The summed E-state index contributed by atoms with van der Waals surface area (Å²) in [6, 6.07) is 0. The molecule has 1 heterocycles. The first kappa shape index (κ1) is 37.3. The van der Waals surface area contributed by atoms with Gasteiger partial charge < -0.3 is 28.4 Å². The van der Waals surface area contributed by atoms with Gasteiger partial charge in [-0.1, -0.05) is 0 Å². The van der Waals surface area contributed by atoms with E-state index in [9.17, 15) is 24.0 Å². The zero-order valence-corrected chi connectivity index (χ0v) is 28.1. The minimum Gasteiger partial charge on any atom is -0.461 e. The molecule has 1 fully saturated rings. The zero-order valence-electron chi connectivity index (χ0n) is 28.1. The van der Waals surface area contributed by atoms with Crippen LogP contribution in [0.5, 0.6) is 0 Å². The van der Waals surface area contributed by atoms with Crippen LogP contribution < -0.4 is 0 Å². The van der Waals surface area contributed by atoms with Gasteiger partial charge in [0, 0.05) is 0 Å². The molecule has 0 aliphatic carbocycles. The highest BCUT2D eigenvalue weighted by Crippen LogP contribution is 2.36. The van der Waals surface area contributed by atoms with E-state index in [0.717, 1.165) is 0 Å². The zero-order chi connectivity index (χ0) is 33.2. The molecule has 0 radical (unpaired) electrons. The van der Waals surface area contributed by atoms with Gasteiger partial charge in [-0.05, 0) is 104 Å². The van der Waals surface area contributed by atoms with Crippen molar-refractivity contribution in [2.45, 2.75) is 135 Å². The van der Waals surface area contributed by atoms with E-state index in [1.165, 1.54) is 0 Å². The second-order valence-electron chi connectivity index (χ2n) is 15.9. The summed E-state index contributed by atoms with van der Waals surface area (Å²) in [6.45, 7) is 24.1. The number of carbonyl (C=O) groups is 5. The summed E-state index contributed by atoms with van der Waals surface area (Å²) in [4.78, 5) is 64.9. The molecule has 11 nitrogen and oxygen atoms in total. The summed E-state index contributed by atoms with van der Waals surface area (Å²) in [5.41, 5.74) is -4.76. The fourth-order valence-electron chi connectivity index (χ4n) is 3.07. The number of esters is 5. The van der Waals surface area contributed by atoms with Crippen molar-refractivity contribution in [1.82, 2.24) is 0 Å². The highest BCUT2D eigenvalue weighted by molar-refractivity contribution is 5.78. The van der Waals surface area contributed by atoms with Crippen LogP contribution in [0, 0.1) is 27.1 Å². The Morgan fingerprint density at radius 2 is 0.881 bits per heavy atom. The van der Waals surface area contributed by atoms with Crippen molar-refractivity contribution in [3.05, 3.63) is 0 Å². The quantitative estimate of drug-likeness (QED) is 0.295. The normalized spacial score (nSPS) is 22.5. The Morgan fingerprint density at radius 3 is 1.26 bits per heavy atom. The van der Waals surface area contributed by atoms with E-state index in [2.05, 4.69) is 0 Å². The molecule has 1 rings (SSSR count). The monoisotopic (exact) mass is 600 g/mol. The average Bonchev–Trinajstić information content (AvgIpc) is 3.09. The lowest BCUT2D eigenvalue weighted by molar-refractivity contribution is -0.214. The molecule has 0 aromatic rings. The molecule has 0 amide bonds. The molecule has 0 aromatic heterocycles. The topological polar surface area (TPSA) is 141 Å². The lowest BCUT2D eigenvalue weighted by Gasteiger charge is -2.32. The van der Waals surface area contributed by atoms with Crippen LogP contribution >= 0.6 is 0 Å². The third kappa shape index (κ3) is 10.5. The van der Waals surface area contributed by atoms with Crippen LogP contribution in [0.2, 0.25) is 0 Å². The van der Waals surface area contributed by atoms with Gasteiger partial charge in [0.05, 0.1) is 27.1 Å². The summed E-state index contributed by atoms with van der Waals surface area (Å²) in [5.74, 6) is -3.25. The first-order valence-electron chi connectivity index (χ1n) is 14.2. The Labute approximate surface area is 250 Å². The summed E-state index contributed by atoms with van der Waals surface area (Å²) in [5, 5.41) is 0. The molecule has 11 heteroatoms. The minimum atomic E-state index is -1.53. The van der Waals surface area contributed by atoms with E-state index in [0.29, 0.717) is 0 Å². The van der Waals surface area contributed by atoms with Crippen LogP contribution in [-0.2, 0) is 52.4 Å². The van der Waals surface area contributed by atoms with Gasteiger partial charge in [-0.2, -0.15) is 0 Å². The number of rotatable bonds is 7. The van der Waals surface area contributed by atoms with Gasteiger partial charge in [0.25, 0.3) is 0 Å². The third-order valence-corrected chi connectivity index (χ3v) is 5.98.